The number of benzene rings is 1. The van der Waals surface area contributed by atoms with Crippen LogP contribution in [0.15, 0.2) is 18.2 Å². The van der Waals surface area contributed by atoms with Crippen LogP contribution in [0.5, 0.6) is 0 Å². The highest BCUT2D eigenvalue weighted by atomic mass is 28.1. The first-order chi connectivity index (χ1) is 7.86. The van der Waals surface area contributed by atoms with Gasteiger partial charge >= 0.3 is 0 Å². The zero-order valence-electron chi connectivity index (χ0n) is 12.0. The molecule has 0 saturated carbocycles. The lowest BCUT2D eigenvalue weighted by molar-refractivity contribution is 0.794. The highest BCUT2D eigenvalue weighted by Crippen LogP contribution is 2.25. The van der Waals surface area contributed by atoms with E-state index in [1.165, 1.54) is 16.6 Å². The van der Waals surface area contributed by atoms with Crippen molar-refractivity contribution in [1.82, 2.24) is 0 Å². The summed E-state index contributed by atoms with van der Waals surface area (Å²) in [5, 5.41) is 0. The van der Waals surface area contributed by atoms with Crippen molar-refractivity contribution in [1.29, 1.82) is 0 Å². The Bertz CT molecular complexity index is 369. The SMILES string of the molecule is CC(C)B([Si])c1cccc(C(C)C)c1C(C)C. The van der Waals surface area contributed by atoms with E-state index < -0.39 is 0 Å². The van der Waals surface area contributed by atoms with Crippen LogP contribution in [0.2, 0.25) is 5.82 Å². The third-order valence-corrected chi connectivity index (χ3v) is 4.35. The first-order valence-corrected chi connectivity index (χ1v) is 7.27. The minimum absolute atomic E-state index is 0.450. The quantitative estimate of drug-likeness (QED) is 0.707. The van der Waals surface area contributed by atoms with Crippen LogP contribution in [0.3, 0.4) is 0 Å². The van der Waals surface area contributed by atoms with E-state index in [9.17, 15) is 0 Å². The van der Waals surface area contributed by atoms with Crippen molar-refractivity contribution in [3.8, 4) is 0 Å². The van der Waals surface area contributed by atoms with Crippen molar-refractivity contribution in [2.75, 3.05) is 0 Å². The first-order valence-electron chi connectivity index (χ1n) is 6.70. The lowest BCUT2D eigenvalue weighted by Gasteiger charge is -2.24. The summed E-state index contributed by atoms with van der Waals surface area (Å²) < 4.78 is 0. The van der Waals surface area contributed by atoms with E-state index in [0.717, 1.165) is 0 Å². The first kappa shape index (κ1) is 14.6. The van der Waals surface area contributed by atoms with E-state index in [1.54, 1.807) is 0 Å². The zero-order chi connectivity index (χ0) is 13.2. The minimum Gasteiger partial charge on any atom is -0.0800 e. The summed E-state index contributed by atoms with van der Waals surface area (Å²) in [4.78, 5) is 0. The molecule has 0 aliphatic rings. The number of hydrogen-bond acceptors (Lipinski definition) is 0. The van der Waals surface area contributed by atoms with E-state index in [4.69, 9.17) is 0 Å². The van der Waals surface area contributed by atoms with Gasteiger partial charge in [0.25, 0.3) is 0 Å². The molecule has 1 rings (SSSR count). The third-order valence-electron chi connectivity index (χ3n) is 3.37. The Morgan fingerprint density at radius 3 is 1.94 bits per heavy atom. The van der Waals surface area contributed by atoms with Crippen molar-refractivity contribution in [2.24, 2.45) is 0 Å². The Labute approximate surface area is 111 Å². The van der Waals surface area contributed by atoms with Gasteiger partial charge < -0.3 is 0 Å². The summed E-state index contributed by atoms with van der Waals surface area (Å²) in [7, 11) is 3.91. The van der Waals surface area contributed by atoms with E-state index in [1.807, 2.05) is 0 Å². The summed E-state index contributed by atoms with van der Waals surface area (Å²) in [6.45, 7) is 13.7. The molecule has 0 bridgehead atoms. The molecule has 2 heteroatoms. The summed E-state index contributed by atoms with van der Waals surface area (Å²) in [6.07, 6.45) is 0.450. The van der Waals surface area contributed by atoms with Gasteiger partial charge in [0.15, 0.2) is 6.31 Å². The Morgan fingerprint density at radius 2 is 1.53 bits per heavy atom. The minimum atomic E-state index is 0.450. The Kier molecular flexibility index (Phi) is 5.06. The van der Waals surface area contributed by atoms with Crippen molar-refractivity contribution in [3.63, 3.8) is 0 Å². The molecule has 0 spiro atoms. The molecule has 0 saturated heterocycles. The van der Waals surface area contributed by atoms with Gasteiger partial charge in [-0.05, 0) is 33.1 Å². The highest BCUT2D eigenvalue weighted by Gasteiger charge is 2.21. The van der Waals surface area contributed by atoms with Gasteiger partial charge in [-0.1, -0.05) is 71.0 Å². The Hall–Kier alpha value is -0.498. The van der Waals surface area contributed by atoms with E-state index >= 15 is 0 Å². The lowest BCUT2D eigenvalue weighted by atomic mass is 9.55. The molecule has 17 heavy (non-hydrogen) atoms. The maximum absolute atomic E-state index is 3.91. The van der Waals surface area contributed by atoms with Crippen LogP contribution in [0.4, 0.5) is 0 Å². The highest BCUT2D eigenvalue weighted by molar-refractivity contribution is 7.12. The van der Waals surface area contributed by atoms with Gasteiger partial charge in [0.05, 0.1) is 0 Å². The average Bonchev–Trinajstić information content (AvgIpc) is 2.26. The van der Waals surface area contributed by atoms with Gasteiger partial charge in [-0.3, -0.25) is 0 Å². The van der Waals surface area contributed by atoms with Crippen molar-refractivity contribution < 1.29 is 0 Å². The summed E-state index contributed by atoms with van der Waals surface area (Å²) in [5.41, 5.74) is 4.51. The second-order valence-electron chi connectivity index (χ2n) is 5.88. The van der Waals surface area contributed by atoms with Crippen LogP contribution in [0.25, 0.3) is 0 Å². The smallest absolute Gasteiger partial charge is 0.0800 e. The summed E-state index contributed by atoms with van der Waals surface area (Å²) in [5.74, 6) is 1.80. The Balaban J connectivity index is 3.35. The zero-order valence-corrected chi connectivity index (χ0v) is 13.0. The van der Waals surface area contributed by atoms with E-state index in [-0.39, 0.29) is 0 Å². The molecule has 0 heterocycles. The topological polar surface area (TPSA) is 0 Å². The maximum atomic E-state index is 3.91. The van der Waals surface area contributed by atoms with Crippen LogP contribution in [-0.4, -0.2) is 16.4 Å². The van der Waals surface area contributed by atoms with Crippen molar-refractivity contribution in [3.05, 3.63) is 29.3 Å². The lowest BCUT2D eigenvalue weighted by Crippen LogP contribution is -2.37. The monoisotopic (exact) mass is 243 g/mol. The normalized spacial score (nSPS) is 11.6. The van der Waals surface area contributed by atoms with Crippen LogP contribution in [-0.2, 0) is 0 Å². The predicted octanol–water partition coefficient (Wildman–Crippen LogP) is 3.71. The molecule has 0 N–H and O–H groups in total. The second kappa shape index (κ2) is 5.90. The van der Waals surface area contributed by atoms with E-state index in [0.29, 0.717) is 24.0 Å². The molecule has 0 nitrogen and oxygen atoms in total. The summed E-state index contributed by atoms with van der Waals surface area (Å²) in [6, 6.07) is 6.76. The maximum Gasteiger partial charge on any atom is 0.161 e. The fourth-order valence-corrected chi connectivity index (χ4v) is 2.65. The van der Waals surface area contributed by atoms with Gasteiger partial charge in [0.1, 0.15) is 0 Å². The fraction of sp³-hybridized carbons (Fsp3) is 0.600. The molecule has 0 fully saturated rings. The molecule has 91 valence electrons. The molecular weight excluding hydrogens is 219 g/mol. The van der Waals surface area contributed by atoms with Gasteiger partial charge in [-0.25, -0.2) is 0 Å². The standard InChI is InChI=1S/C15H24BSi/c1-10(2)13-8-7-9-14(15(13)11(3)4)16(17)12(5)6/h7-12H,1-6H3. The van der Waals surface area contributed by atoms with E-state index in [2.05, 4.69) is 69.9 Å². The van der Waals surface area contributed by atoms with Crippen LogP contribution >= 0.6 is 0 Å². The molecule has 1 aromatic carbocycles. The second-order valence-corrected chi connectivity index (χ2v) is 6.50. The molecule has 0 aromatic heterocycles. The van der Waals surface area contributed by atoms with Gasteiger partial charge in [0.2, 0.25) is 0 Å². The molecule has 0 aliphatic heterocycles. The van der Waals surface area contributed by atoms with Crippen LogP contribution in [0.1, 0.15) is 64.5 Å². The molecule has 1 aromatic rings. The molecule has 0 atom stereocenters. The average molecular weight is 243 g/mol. The predicted molar refractivity (Wildman–Crippen MR) is 80.9 cm³/mol. The molecular formula is C15H24BSi. The summed E-state index contributed by atoms with van der Waals surface area (Å²) >= 11 is 0. The Morgan fingerprint density at radius 1 is 0.941 bits per heavy atom. The molecule has 3 radical (unpaired) electrons. The van der Waals surface area contributed by atoms with Gasteiger partial charge in [-0.15, -0.1) is 0 Å². The fourth-order valence-electron chi connectivity index (χ4n) is 2.40. The largest absolute Gasteiger partial charge is 0.161 e. The molecule has 0 unspecified atom stereocenters. The molecule has 0 amide bonds. The third kappa shape index (κ3) is 3.25. The van der Waals surface area contributed by atoms with Crippen molar-refractivity contribution in [2.45, 2.75) is 59.2 Å². The number of rotatable bonds is 4. The van der Waals surface area contributed by atoms with Crippen molar-refractivity contribution >= 4 is 21.9 Å². The van der Waals surface area contributed by atoms with Crippen LogP contribution in [0, 0.1) is 0 Å². The molecule has 0 aliphatic carbocycles. The number of hydrogen-bond donors (Lipinski definition) is 0. The van der Waals surface area contributed by atoms with Crippen LogP contribution < -0.4 is 5.46 Å². The van der Waals surface area contributed by atoms with Gasteiger partial charge in [0, 0.05) is 0 Å². The van der Waals surface area contributed by atoms with Gasteiger partial charge in [-0.2, -0.15) is 0 Å².